The van der Waals surface area contributed by atoms with Crippen molar-refractivity contribution in [2.75, 3.05) is 24.6 Å². The second-order valence-corrected chi connectivity index (χ2v) is 5.55. The molecule has 1 aromatic rings. The second-order valence-electron chi connectivity index (χ2n) is 5.55. The number of rotatable bonds is 6. The SMILES string of the molecule is CCOc1ccnc(N2CCCC(C(C)CC(=O)O)C2)n1. The summed E-state index contributed by atoms with van der Waals surface area (Å²) in [5, 5.41) is 8.94. The highest BCUT2D eigenvalue weighted by atomic mass is 16.5. The van der Waals surface area contributed by atoms with Gasteiger partial charge in [0.05, 0.1) is 6.61 Å². The van der Waals surface area contributed by atoms with Crippen molar-refractivity contribution in [3.63, 3.8) is 0 Å². The number of carboxylic acid groups (broad SMARTS) is 1. The van der Waals surface area contributed by atoms with Crippen molar-refractivity contribution < 1.29 is 14.6 Å². The van der Waals surface area contributed by atoms with Crippen LogP contribution in [0.25, 0.3) is 0 Å². The first-order valence-corrected chi connectivity index (χ1v) is 7.52. The van der Waals surface area contributed by atoms with E-state index in [1.54, 1.807) is 12.3 Å². The minimum atomic E-state index is -0.728. The van der Waals surface area contributed by atoms with Gasteiger partial charge in [-0.25, -0.2) is 4.98 Å². The largest absolute Gasteiger partial charge is 0.481 e. The van der Waals surface area contributed by atoms with Crippen molar-refractivity contribution >= 4 is 11.9 Å². The zero-order valence-corrected chi connectivity index (χ0v) is 12.7. The van der Waals surface area contributed by atoms with Gasteiger partial charge in [0.1, 0.15) is 0 Å². The average Bonchev–Trinajstić information content (AvgIpc) is 2.47. The van der Waals surface area contributed by atoms with E-state index in [1.165, 1.54) is 0 Å². The van der Waals surface area contributed by atoms with E-state index in [9.17, 15) is 4.79 Å². The predicted molar refractivity (Wildman–Crippen MR) is 79.6 cm³/mol. The molecule has 0 aromatic carbocycles. The number of piperidine rings is 1. The fraction of sp³-hybridized carbons (Fsp3) is 0.667. The molecule has 1 aliphatic heterocycles. The zero-order valence-electron chi connectivity index (χ0n) is 12.7. The van der Waals surface area contributed by atoms with Crippen LogP contribution in [0.3, 0.4) is 0 Å². The molecule has 2 heterocycles. The van der Waals surface area contributed by atoms with Crippen molar-refractivity contribution in [1.82, 2.24) is 9.97 Å². The Balaban J connectivity index is 2.03. The zero-order chi connectivity index (χ0) is 15.2. The topological polar surface area (TPSA) is 75.5 Å². The number of anilines is 1. The quantitative estimate of drug-likeness (QED) is 0.866. The standard InChI is InChI=1S/C15H23N3O3/c1-3-21-13-6-7-16-15(17-13)18-8-4-5-12(10-18)11(2)9-14(19)20/h6-7,11-12H,3-5,8-10H2,1-2H3,(H,19,20). The van der Waals surface area contributed by atoms with E-state index in [0.717, 1.165) is 25.9 Å². The van der Waals surface area contributed by atoms with Gasteiger partial charge in [-0.15, -0.1) is 0 Å². The Bertz CT molecular complexity index is 481. The minimum Gasteiger partial charge on any atom is -0.481 e. The van der Waals surface area contributed by atoms with Gasteiger partial charge in [-0.2, -0.15) is 4.98 Å². The van der Waals surface area contributed by atoms with Crippen LogP contribution in [0, 0.1) is 11.8 Å². The van der Waals surface area contributed by atoms with Crippen LogP contribution < -0.4 is 9.64 Å². The van der Waals surface area contributed by atoms with Gasteiger partial charge in [0, 0.05) is 31.8 Å². The smallest absolute Gasteiger partial charge is 0.303 e. The summed E-state index contributed by atoms with van der Waals surface area (Å²) in [6.45, 7) is 6.23. The molecule has 1 saturated heterocycles. The summed E-state index contributed by atoms with van der Waals surface area (Å²) in [7, 11) is 0. The van der Waals surface area contributed by atoms with Gasteiger partial charge < -0.3 is 14.7 Å². The Labute approximate surface area is 125 Å². The Morgan fingerprint density at radius 2 is 2.43 bits per heavy atom. The molecule has 0 amide bonds. The van der Waals surface area contributed by atoms with Crippen LogP contribution in [0.15, 0.2) is 12.3 Å². The molecule has 2 rings (SSSR count). The van der Waals surface area contributed by atoms with E-state index in [2.05, 4.69) is 14.9 Å². The van der Waals surface area contributed by atoms with E-state index in [-0.39, 0.29) is 12.3 Å². The lowest BCUT2D eigenvalue weighted by Crippen LogP contribution is -2.39. The number of carbonyl (C=O) groups is 1. The minimum absolute atomic E-state index is 0.167. The van der Waals surface area contributed by atoms with E-state index < -0.39 is 5.97 Å². The highest BCUT2D eigenvalue weighted by molar-refractivity contribution is 5.67. The van der Waals surface area contributed by atoms with E-state index in [4.69, 9.17) is 9.84 Å². The Kier molecular flexibility index (Phi) is 5.36. The van der Waals surface area contributed by atoms with Crippen LogP contribution in [-0.2, 0) is 4.79 Å². The van der Waals surface area contributed by atoms with Gasteiger partial charge >= 0.3 is 5.97 Å². The maximum atomic E-state index is 10.9. The Hall–Kier alpha value is -1.85. The number of carboxylic acids is 1. The summed E-state index contributed by atoms with van der Waals surface area (Å²) in [4.78, 5) is 21.7. The van der Waals surface area contributed by atoms with Gasteiger partial charge in [0.2, 0.25) is 11.8 Å². The fourth-order valence-electron chi connectivity index (χ4n) is 2.81. The molecule has 1 fully saturated rings. The van der Waals surface area contributed by atoms with Crippen LogP contribution in [0.5, 0.6) is 5.88 Å². The number of nitrogens with zero attached hydrogens (tertiary/aromatic N) is 3. The molecular formula is C15H23N3O3. The lowest BCUT2D eigenvalue weighted by molar-refractivity contribution is -0.138. The number of hydrogen-bond acceptors (Lipinski definition) is 5. The molecule has 2 atom stereocenters. The summed E-state index contributed by atoms with van der Waals surface area (Å²) in [6, 6.07) is 1.75. The summed E-state index contributed by atoms with van der Waals surface area (Å²) in [5.74, 6) is 1.07. The van der Waals surface area contributed by atoms with Gasteiger partial charge in [0.15, 0.2) is 0 Å². The first kappa shape index (κ1) is 15.5. The number of ether oxygens (including phenoxy) is 1. The average molecular weight is 293 g/mol. The predicted octanol–water partition coefficient (Wildman–Crippen LogP) is 2.20. The molecule has 1 N–H and O–H groups in total. The van der Waals surface area contributed by atoms with Crippen molar-refractivity contribution in [3.05, 3.63) is 12.3 Å². The molecule has 0 spiro atoms. The van der Waals surface area contributed by atoms with Crippen molar-refractivity contribution in [3.8, 4) is 5.88 Å². The van der Waals surface area contributed by atoms with Gasteiger partial charge in [-0.1, -0.05) is 6.92 Å². The first-order valence-electron chi connectivity index (χ1n) is 7.52. The molecule has 0 aliphatic carbocycles. The second kappa shape index (κ2) is 7.24. The maximum absolute atomic E-state index is 10.9. The third-order valence-corrected chi connectivity index (χ3v) is 3.95. The molecule has 0 radical (unpaired) electrons. The fourth-order valence-corrected chi connectivity index (χ4v) is 2.81. The molecular weight excluding hydrogens is 270 g/mol. The van der Waals surface area contributed by atoms with Crippen molar-refractivity contribution in [2.24, 2.45) is 11.8 Å². The third kappa shape index (κ3) is 4.31. The summed E-state index contributed by atoms with van der Waals surface area (Å²) in [6.07, 6.45) is 4.03. The van der Waals surface area contributed by atoms with Crippen molar-refractivity contribution in [2.45, 2.75) is 33.1 Å². The monoisotopic (exact) mass is 293 g/mol. The van der Waals surface area contributed by atoms with Crippen LogP contribution in [0.1, 0.15) is 33.1 Å². The molecule has 6 heteroatoms. The third-order valence-electron chi connectivity index (χ3n) is 3.95. The highest BCUT2D eigenvalue weighted by Gasteiger charge is 2.27. The van der Waals surface area contributed by atoms with Crippen LogP contribution in [-0.4, -0.2) is 40.7 Å². The van der Waals surface area contributed by atoms with Crippen LogP contribution in [0.4, 0.5) is 5.95 Å². The molecule has 0 bridgehead atoms. The molecule has 1 aliphatic rings. The first-order chi connectivity index (χ1) is 10.1. The summed E-state index contributed by atoms with van der Waals surface area (Å²) < 4.78 is 5.41. The number of hydrogen-bond donors (Lipinski definition) is 1. The highest BCUT2D eigenvalue weighted by Crippen LogP contribution is 2.28. The van der Waals surface area contributed by atoms with Crippen molar-refractivity contribution in [1.29, 1.82) is 0 Å². The maximum Gasteiger partial charge on any atom is 0.303 e. The molecule has 0 saturated carbocycles. The van der Waals surface area contributed by atoms with Gasteiger partial charge in [-0.3, -0.25) is 4.79 Å². The lowest BCUT2D eigenvalue weighted by atomic mass is 9.85. The Morgan fingerprint density at radius 3 is 3.14 bits per heavy atom. The van der Waals surface area contributed by atoms with Gasteiger partial charge in [-0.05, 0) is 31.6 Å². The number of aromatic nitrogens is 2. The molecule has 6 nitrogen and oxygen atoms in total. The molecule has 2 unspecified atom stereocenters. The normalized spacial score (nSPS) is 20.1. The van der Waals surface area contributed by atoms with E-state index >= 15 is 0 Å². The summed E-state index contributed by atoms with van der Waals surface area (Å²) >= 11 is 0. The van der Waals surface area contributed by atoms with E-state index in [0.29, 0.717) is 24.4 Å². The van der Waals surface area contributed by atoms with Crippen LogP contribution >= 0.6 is 0 Å². The molecule has 21 heavy (non-hydrogen) atoms. The summed E-state index contributed by atoms with van der Waals surface area (Å²) in [5.41, 5.74) is 0. The van der Waals surface area contributed by atoms with Crippen LogP contribution in [0.2, 0.25) is 0 Å². The van der Waals surface area contributed by atoms with Gasteiger partial charge in [0.25, 0.3) is 0 Å². The lowest BCUT2D eigenvalue weighted by Gasteiger charge is -2.35. The van der Waals surface area contributed by atoms with E-state index in [1.807, 2.05) is 13.8 Å². The number of aliphatic carboxylic acids is 1. The Morgan fingerprint density at radius 1 is 1.62 bits per heavy atom. The molecule has 116 valence electrons. The molecule has 1 aromatic heterocycles.